The number of nitrogens with zero attached hydrogens (tertiary/aromatic N) is 1. The molecule has 0 aliphatic carbocycles. The van der Waals surface area contributed by atoms with Crippen LogP contribution in [0.5, 0.6) is 0 Å². The topological polar surface area (TPSA) is 82.6 Å². The summed E-state index contributed by atoms with van der Waals surface area (Å²) in [7, 11) is -1.55. The van der Waals surface area contributed by atoms with Crippen LogP contribution in [0, 0.1) is 5.82 Å². The molecule has 0 saturated carbocycles. The fourth-order valence-electron chi connectivity index (χ4n) is 2.67. The molecule has 6 nitrogen and oxygen atoms in total. The summed E-state index contributed by atoms with van der Waals surface area (Å²) in [6, 6.07) is 14.1. The fraction of sp³-hybridized carbons (Fsp3) is 0.350. The van der Waals surface area contributed by atoms with Gasteiger partial charge >= 0.3 is 0 Å². The Kier molecular flexibility index (Phi) is 11.0. The molecule has 0 radical (unpaired) electrons. The molecule has 3 N–H and O–H groups in total. The molecule has 0 heterocycles. The second kappa shape index (κ2) is 12.6. The number of hydrogen-bond acceptors (Lipinski definition) is 4. The molecule has 0 atom stereocenters. The second-order valence-electron chi connectivity index (χ2n) is 6.48. The second-order valence-corrected chi connectivity index (χ2v) is 8.62. The number of aliphatic imine (C=N–C) groups is 1. The van der Waals surface area contributed by atoms with Gasteiger partial charge < -0.3 is 16.0 Å². The molecule has 0 aromatic heterocycles. The van der Waals surface area contributed by atoms with Gasteiger partial charge in [-0.1, -0.05) is 24.3 Å². The Labute approximate surface area is 189 Å². The van der Waals surface area contributed by atoms with Gasteiger partial charge in [-0.2, -0.15) is 0 Å². The van der Waals surface area contributed by atoms with E-state index >= 15 is 0 Å². The van der Waals surface area contributed by atoms with E-state index in [4.69, 9.17) is 0 Å². The summed E-state index contributed by atoms with van der Waals surface area (Å²) < 4.78 is 36.7. The zero-order valence-electron chi connectivity index (χ0n) is 16.6. The van der Waals surface area contributed by atoms with Crippen molar-refractivity contribution in [2.75, 3.05) is 31.7 Å². The first-order valence-corrected chi connectivity index (χ1v) is 11.1. The number of rotatable bonds is 9. The number of benzene rings is 2. The predicted octanol–water partition coefficient (Wildman–Crippen LogP) is 3.16. The third-order valence-electron chi connectivity index (χ3n) is 4.00. The molecule has 9 heteroatoms. The van der Waals surface area contributed by atoms with Gasteiger partial charge in [0.1, 0.15) is 5.82 Å². The maximum Gasteiger partial charge on any atom is 0.191 e. The summed E-state index contributed by atoms with van der Waals surface area (Å²) in [6.45, 7) is 1.81. The van der Waals surface area contributed by atoms with Crippen molar-refractivity contribution < 1.29 is 12.8 Å². The van der Waals surface area contributed by atoms with Gasteiger partial charge in [0.05, 0.1) is 5.75 Å². The summed E-state index contributed by atoms with van der Waals surface area (Å²) in [5, 5.41) is 9.63. The Balaban J connectivity index is 0.00000420. The van der Waals surface area contributed by atoms with E-state index < -0.39 is 15.7 Å². The molecule has 0 aliphatic heterocycles. The normalized spacial score (nSPS) is 11.5. The van der Waals surface area contributed by atoms with E-state index in [9.17, 15) is 12.8 Å². The SMILES string of the molecule is CN=C(NCCCNc1ccccc1)NCc1cc(F)ccc1CS(C)(=O)=O.I. The van der Waals surface area contributed by atoms with Gasteiger partial charge in [-0.25, -0.2) is 12.8 Å². The van der Waals surface area contributed by atoms with E-state index in [1.807, 2.05) is 30.3 Å². The molecule has 0 aliphatic rings. The average Bonchev–Trinajstić information content (AvgIpc) is 2.65. The van der Waals surface area contributed by atoms with Crippen LogP contribution in [0.2, 0.25) is 0 Å². The van der Waals surface area contributed by atoms with E-state index in [0.717, 1.165) is 24.9 Å². The standard InChI is InChI=1S/C20H27FN4O2S.HI/c1-22-20(24-12-6-11-23-19-7-4-3-5-8-19)25-14-17-13-18(21)10-9-16(17)15-28(2,26)27;/h3-5,7-10,13,23H,6,11-12,14-15H2,1-2H3,(H2,22,24,25);1H. The largest absolute Gasteiger partial charge is 0.385 e. The Morgan fingerprint density at radius 1 is 1.03 bits per heavy atom. The number of nitrogens with one attached hydrogen (secondary N) is 3. The highest BCUT2D eigenvalue weighted by atomic mass is 127. The van der Waals surface area contributed by atoms with Crippen LogP contribution >= 0.6 is 24.0 Å². The minimum atomic E-state index is -3.20. The molecular formula is C20H28FIN4O2S. The van der Waals surface area contributed by atoms with Crippen molar-refractivity contribution >= 4 is 45.5 Å². The molecule has 29 heavy (non-hydrogen) atoms. The maximum absolute atomic E-state index is 13.6. The lowest BCUT2D eigenvalue weighted by Crippen LogP contribution is -2.38. The van der Waals surface area contributed by atoms with Crippen molar-refractivity contribution in [3.05, 3.63) is 65.5 Å². The molecule has 160 valence electrons. The Bertz CT molecular complexity index is 893. The predicted molar refractivity (Wildman–Crippen MR) is 128 cm³/mol. The molecule has 0 amide bonds. The van der Waals surface area contributed by atoms with Gasteiger partial charge in [0.2, 0.25) is 0 Å². The molecular weight excluding hydrogens is 506 g/mol. The van der Waals surface area contributed by atoms with Crippen LogP contribution in [0.4, 0.5) is 10.1 Å². The lowest BCUT2D eigenvalue weighted by Gasteiger charge is -2.14. The molecule has 0 fully saturated rings. The van der Waals surface area contributed by atoms with E-state index in [-0.39, 0.29) is 36.3 Å². The summed E-state index contributed by atoms with van der Waals surface area (Å²) >= 11 is 0. The lowest BCUT2D eigenvalue weighted by atomic mass is 10.1. The van der Waals surface area contributed by atoms with Crippen LogP contribution in [0.25, 0.3) is 0 Å². The number of halogens is 2. The van der Waals surface area contributed by atoms with E-state index in [1.54, 1.807) is 7.05 Å². The molecule has 2 aromatic rings. The van der Waals surface area contributed by atoms with Crippen molar-refractivity contribution in [1.82, 2.24) is 10.6 Å². The summed E-state index contributed by atoms with van der Waals surface area (Å²) in [5.74, 6) is 0.0554. The van der Waals surface area contributed by atoms with Crippen LogP contribution in [-0.2, 0) is 22.1 Å². The van der Waals surface area contributed by atoms with Crippen molar-refractivity contribution in [2.45, 2.75) is 18.7 Å². The molecule has 2 rings (SSSR count). The Hall–Kier alpha value is -1.88. The minimum Gasteiger partial charge on any atom is -0.385 e. The first kappa shape index (κ1) is 25.2. The van der Waals surface area contributed by atoms with Crippen molar-refractivity contribution in [3.63, 3.8) is 0 Å². The van der Waals surface area contributed by atoms with Crippen LogP contribution in [0.3, 0.4) is 0 Å². The molecule has 0 spiro atoms. The first-order valence-electron chi connectivity index (χ1n) is 9.06. The number of anilines is 1. The van der Waals surface area contributed by atoms with Gasteiger partial charge in [0.15, 0.2) is 15.8 Å². The summed E-state index contributed by atoms with van der Waals surface area (Å²) in [5.41, 5.74) is 2.26. The van der Waals surface area contributed by atoms with Crippen molar-refractivity contribution in [3.8, 4) is 0 Å². The monoisotopic (exact) mass is 534 g/mol. The van der Waals surface area contributed by atoms with Crippen LogP contribution < -0.4 is 16.0 Å². The third-order valence-corrected chi connectivity index (χ3v) is 4.84. The molecule has 0 unspecified atom stereocenters. The van der Waals surface area contributed by atoms with Crippen LogP contribution in [0.15, 0.2) is 53.5 Å². The first-order chi connectivity index (χ1) is 13.4. The third kappa shape index (κ3) is 9.93. The van der Waals surface area contributed by atoms with Gasteiger partial charge in [-0.05, 0) is 41.8 Å². The number of hydrogen-bond donors (Lipinski definition) is 3. The van der Waals surface area contributed by atoms with E-state index in [2.05, 4.69) is 20.9 Å². The Morgan fingerprint density at radius 3 is 2.41 bits per heavy atom. The highest BCUT2D eigenvalue weighted by Gasteiger charge is 2.11. The number of sulfone groups is 1. The Morgan fingerprint density at radius 2 is 1.76 bits per heavy atom. The van der Waals surface area contributed by atoms with E-state index in [1.165, 1.54) is 18.2 Å². The zero-order chi connectivity index (χ0) is 20.4. The van der Waals surface area contributed by atoms with Gasteiger partial charge in [0.25, 0.3) is 0 Å². The van der Waals surface area contributed by atoms with Crippen LogP contribution in [0.1, 0.15) is 17.5 Å². The highest BCUT2D eigenvalue weighted by molar-refractivity contribution is 14.0. The number of guanidine groups is 1. The lowest BCUT2D eigenvalue weighted by molar-refractivity contribution is 0.599. The maximum atomic E-state index is 13.6. The molecule has 0 bridgehead atoms. The molecule has 0 saturated heterocycles. The van der Waals surface area contributed by atoms with Crippen molar-refractivity contribution in [2.24, 2.45) is 4.99 Å². The van der Waals surface area contributed by atoms with Gasteiger partial charge in [-0.15, -0.1) is 24.0 Å². The van der Waals surface area contributed by atoms with Gasteiger partial charge in [-0.3, -0.25) is 4.99 Å². The smallest absolute Gasteiger partial charge is 0.191 e. The fourth-order valence-corrected chi connectivity index (χ4v) is 3.51. The number of para-hydroxylation sites is 1. The summed E-state index contributed by atoms with van der Waals surface area (Å²) in [6.07, 6.45) is 2.05. The summed E-state index contributed by atoms with van der Waals surface area (Å²) in [4.78, 5) is 4.15. The zero-order valence-corrected chi connectivity index (χ0v) is 19.8. The van der Waals surface area contributed by atoms with Crippen molar-refractivity contribution in [1.29, 1.82) is 0 Å². The van der Waals surface area contributed by atoms with Gasteiger partial charge in [0, 0.05) is 38.6 Å². The average molecular weight is 534 g/mol. The van der Waals surface area contributed by atoms with E-state index in [0.29, 0.717) is 23.6 Å². The molecule has 2 aromatic carbocycles. The minimum absolute atomic E-state index is 0. The quantitative estimate of drug-likeness (QED) is 0.199. The van der Waals surface area contributed by atoms with Crippen LogP contribution in [-0.4, -0.2) is 40.8 Å². The highest BCUT2D eigenvalue weighted by Crippen LogP contribution is 2.14.